The van der Waals surface area contributed by atoms with Crippen molar-refractivity contribution in [2.45, 2.75) is 31.2 Å². The standard InChI is InChI=1S/C9H9BrClF2N3/c10-5-4-14-8(11)16-7(5)15-6-2-1-3-9(6,12)13/h4,6H,1-3H2,(H,14,15,16). The van der Waals surface area contributed by atoms with Crippen molar-refractivity contribution >= 4 is 33.3 Å². The van der Waals surface area contributed by atoms with E-state index in [2.05, 4.69) is 31.2 Å². The fourth-order valence-electron chi connectivity index (χ4n) is 1.72. The smallest absolute Gasteiger partial charge is 0.267 e. The molecule has 1 aromatic heterocycles. The quantitative estimate of drug-likeness (QED) is 0.850. The molecular formula is C9H9BrClF2N3. The van der Waals surface area contributed by atoms with Crippen LogP contribution in [0.4, 0.5) is 14.6 Å². The van der Waals surface area contributed by atoms with E-state index >= 15 is 0 Å². The molecule has 16 heavy (non-hydrogen) atoms. The molecule has 88 valence electrons. The van der Waals surface area contributed by atoms with Crippen molar-refractivity contribution in [2.24, 2.45) is 0 Å². The molecule has 1 heterocycles. The zero-order valence-corrected chi connectivity index (χ0v) is 10.5. The summed E-state index contributed by atoms with van der Waals surface area (Å²) in [7, 11) is 0. The third kappa shape index (κ3) is 2.43. The summed E-state index contributed by atoms with van der Waals surface area (Å²) in [5.74, 6) is -2.37. The molecule has 1 unspecified atom stereocenters. The molecule has 1 fully saturated rings. The Morgan fingerprint density at radius 1 is 1.56 bits per heavy atom. The van der Waals surface area contributed by atoms with Gasteiger partial charge >= 0.3 is 0 Å². The minimum atomic E-state index is -2.68. The molecule has 2 rings (SSSR count). The SMILES string of the molecule is FC1(F)CCCC1Nc1nc(Cl)ncc1Br. The zero-order valence-electron chi connectivity index (χ0n) is 8.18. The largest absolute Gasteiger partial charge is 0.360 e. The lowest BCUT2D eigenvalue weighted by molar-refractivity contribution is -0.000707. The number of nitrogens with one attached hydrogen (secondary N) is 1. The lowest BCUT2D eigenvalue weighted by atomic mass is 10.2. The summed E-state index contributed by atoms with van der Waals surface area (Å²) in [4.78, 5) is 7.59. The molecule has 1 N–H and O–H groups in total. The Labute approximate surface area is 105 Å². The minimum absolute atomic E-state index is 0.0343. The number of hydrogen-bond acceptors (Lipinski definition) is 3. The predicted molar refractivity (Wildman–Crippen MR) is 61.0 cm³/mol. The summed E-state index contributed by atoms with van der Waals surface area (Å²) in [6, 6.07) is -0.880. The average molecular weight is 313 g/mol. The van der Waals surface area contributed by atoms with Gasteiger partial charge in [-0.25, -0.2) is 13.8 Å². The maximum absolute atomic E-state index is 13.4. The minimum Gasteiger partial charge on any atom is -0.360 e. The lowest BCUT2D eigenvalue weighted by Crippen LogP contribution is -2.34. The Balaban J connectivity index is 2.17. The van der Waals surface area contributed by atoms with E-state index in [0.717, 1.165) is 0 Å². The summed E-state index contributed by atoms with van der Waals surface area (Å²) in [5, 5.41) is 2.74. The maximum atomic E-state index is 13.4. The molecular weight excluding hydrogens is 303 g/mol. The second-order valence-electron chi connectivity index (χ2n) is 3.69. The molecule has 0 saturated heterocycles. The van der Waals surface area contributed by atoms with Crippen molar-refractivity contribution in [1.29, 1.82) is 0 Å². The van der Waals surface area contributed by atoms with Crippen LogP contribution in [0.25, 0.3) is 0 Å². The van der Waals surface area contributed by atoms with Crippen molar-refractivity contribution in [1.82, 2.24) is 9.97 Å². The lowest BCUT2D eigenvalue weighted by Gasteiger charge is -2.21. The van der Waals surface area contributed by atoms with Gasteiger partial charge in [-0.15, -0.1) is 0 Å². The van der Waals surface area contributed by atoms with Gasteiger partial charge in [-0.2, -0.15) is 4.98 Å². The molecule has 7 heteroatoms. The summed E-state index contributed by atoms with van der Waals surface area (Å²) in [5.41, 5.74) is 0. The number of anilines is 1. The zero-order chi connectivity index (χ0) is 11.8. The van der Waals surface area contributed by atoms with E-state index in [9.17, 15) is 8.78 Å². The summed E-state index contributed by atoms with van der Waals surface area (Å²) < 4.78 is 27.3. The number of nitrogens with zero attached hydrogens (tertiary/aromatic N) is 2. The molecule has 0 bridgehead atoms. The van der Waals surface area contributed by atoms with Crippen LogP contribution in [0.15, 0.2) is 10.7 Å². The van der Waals surface area contributed by atoms with Crippen molar-refractivity contribution in [2.75, 3.05) is 5.32 Å². The van der Waals surface area contributed by atoms with Crippen LogP contribution < -0.4 is 5.32 Å². The first-order valence-corrected chi connectivity index (χ1v) is 5.98. The summed E-state index contributed by atoms with van der Waals surface area (Å²) >= 11 is 8.79. The van der Waals surface area contributed by atoms with E-state index in [1.54, 1.807) is 0 Å². The molecule has 1 aliphatic rings. The monoisotopic (exact) mass is 311 g/mol. The number of hydrogen-bond donors (Lipinski definition) is 1. The highest BCUT2D eigenvalue weighted by atomic mass is 79.9. The third-order valence-electron chi connectivity index (χ3n) is 2.54. The molecule has 0 aliphatic heterocycles. The van der Waals surface area contributed by atoms with Crippen LogP contribution in [0.1, 0.15) is 19.3 Å². The van der Waals surface area contributed by atoms with Crippen LogP contribution in [0.3, 0.4) is 0 Å². The van der Waals surface area contributed by atoms with Gasteiger partial charge in [0.1, 0.15) is 5.82 Å². The highest BCUT2D eigenvalue weighted by Crippen LogP contribution is 2.37. The van der Waals surface area contributed by atoms with Crippen molar-refractivity contribution in [3.63, 3.8) is 0 Å². The normalized spacial score (nSPS) is 23.4. The average Bonchev–Trinajstić information content (AvgIpc) is 2.52. The molecule has 0 spiro atoms. The van der Waals surface area contributed by atoms with E-state index in [0.29, 0.717) is 23.1 Å². The highest BCUT2D eigenvalue weighted by Gasteiger charge is 2.44. The van der Waals surface area contributed by atoms with Gasteiger partial charge in [0.25, 0.3) is 5.92 Å². The number of alkyl halides is 2. The van der Waals surface area contributed by atoms with Crippen LogP contribution in [-0.4, -0.2) is 21.9 Å². The fraction of sp³-hybridized carbons (Fsp3) is 0.556. The van der Waals surface area contributed by atoms with Gasteiger partial charge in [0, 0.05) is 12.6 Å². The van der Waals surface area contributed by atoms with Crippen LogP contribution in [-0.2, 0) is 0 Å². The Bertz CT molecular complexity index is 402. The van der Waals surface area contributed by atoms with Crippen LogP contribution in [0.5, 0.6) is 0 Å². The van der Waals surface area contributed by atoms with E-state index in [-0.39, 0.29) is 11.7 Å². The Hall–Kier alpha value is -0.490. The molecule has 3 nitrogen and oxygen atoms in total. The summed E-state index contributed by atoms with van der Waals surface area (Å²) in [6.45, 7) is 0. The molecule has 1 aromatic rings. The van der Waals surface area contributed by atoms with Crippen LogP contribution in [0, 0.1) is 0 Å². The molecule has 0 radical (unpaired) electrons. The van der Waals surface area contributed by atoms with Gasteiger partial charge in [0.15, 0.2) is 0 Å². The van der Waals surface area contributed by atoms with Gasteiger partial charge in [-0.3, -0.25) is 0 Å². The van der Waals surface area contributed by atoms with Gasteiger partial charge in [-0.1, -0.05) is 0 Å². The predicted octanol–water partition coefficient (Wildman–Crippen LogP) is 3.49. The fourth-order valence-corrected chi connectivity index (χ4v) is 2.16. The van der Waals surface area contributed by atoms with Gasteiger partial charge < -0.3 is 5.32 Å². The molecule has 1 aliphatic carbocycles. The van der Waals surface area contributed by atoms with Crippen LogP contribution in [0.2, 0.25) is 5.28 Å². The maximum Gasteiger partial charge on any atom is 0.267 e. The number of halogens is 4. The first-order valence-electron chi connectivity index (χ1n) is 4.81. The van der Waals surface area contributed by atoms with Crippen molar-refractivity contribution < 1.29 is 8.78 Å². The second kappa shape index (κ2) is 4.41. The first-order chi connectivity index (χ1) is 7.49. The summed E-state index contributed by atoms with van der Waals surface area (Å²) in [6.07, 6.45) is 2.30. The van der Waals surface area contributed by atoms with Crippen molar-refractivity contribution in [3.05, 3.63) is 16.0 Å². The van der Waals surface area contributed by atoms with E-state index in [4.69, 9.17) is 11.6 Å². The Kier molecular flexibility index (Phi) is 3.30. The first kappa shape index (κ1) is 12.0. The molecule has 1 atom stereocenters. The third-order valence-corrected chi connectivity index (χ3v) is 3.30. The van der Waals surface area contributed by atoms with E-state index in [1.165, 1.54) is 6.20 Å². The number of aromatic nitrogens is 2. The van der Waals surface area contributed by atoms with E-state index in [1.807, 2.05) is 0 Å². The van der Waals surface area contributed by atoms with Crippen LogP contribution >= 0.6 is 27.5 Å². The Morgan fingerprint density at radius 3 is 2.94 bits per heavy atom. The van der Waals surface area contributed by atoms with Gasteiger partial charge in [-0.05, 0) is 40.4 Å². The van der Waals surface area contributed by atoms with E-state index < -0.39 is 12.0 Å². The second-order valence-corrected chi connectivity index (χ2v) is 4.88. The van der Waals surface area contributed by atoms with Crippen molar-refractivity contribution in [3.8, 4) is 0 Å². The topological polar surface area (TPSA) is 37.8 Å². The van der Waals surface area contributed by atoms with Gasteiger partial charge in [0.2, 0.25) is 5.28 Å². The van der Waals surface area contributed by atoms with Gasteiger partial charge in [0.05, 0.1) is 10.5 Å². The molecule has 0 amide bonds. The highest BCUT2D eigenvalue weighted by molar-refractivity contribution is 9.10. The molecule has 0 aromatic carbocycles. The molecule has 1 saturated carbocycles. The Morgan fingerprint density at radius 2 is 2.31 bits per heavy atom. The number of rotatable bonds is 2.